The maximum Gasteiger partial charge on any atom is 0.251 e. The molecule has 4 heteroatoms. The van der Waals surface area contributed by atoms with Gasteiger partial charge in [0.1, 0.15) is 0 Å². The van der Waals surface area contributed by atoms with Gasteiger partial charge in [0.15, 0.2) is 0 Å². The van der Waals surface area contributed by atoms with E-state index < -0.39 is 0 Å². The molecule has 0 spiro atoms. The van der Waals surface area contributed by atoms with E-state index in [0.717, 1.165) is 6.42 Å². The molecule has 1 aromatic heterocycles. The normalized spacial score (nSPS) is 12.7. The highest BCUT2D eigenvalue weighted by Crippen LogP contribution is 2.28. The summed E-state index contributed by atoms with van der Waals surface area (Å²) in [6, 6.07) is 13.3. The third-order valence-corrected chi connectivity index (χ3v) is 3.99. The summed E-state index contributed by atoms with van der Waals surface area (Å²) in [7, 11) is 0. The van der Waals surface area contributed by atoms with Crippen LogP contribution < -0.4 is 10.9 Å². The maximum atomic E-state index is 12.3. The highest BCUT2D eigenvalue weighted by Gasteiger charge is 2.24. The fourth-order valence-corrected chi connectivity index (χ4v) is 2.94. The summed E-state index contributed by atoms with van der Waals surface area (Å²) in [5.41, 5.74) is 2.02. The van der Waals surface area contributed by atoms with Crippen LogP contribution >= 0.6 is 0 Å². The molecule has 4 nitrogen and oxygen atoms in total. The second-order valence-electron chi connectivity index (χ2n) is 6.74. The third kappa shape index (κ3) is 4.55. The Bertz CT molecular complexity index is 733. The van der Waals surface area contributed by atoms with Crippen LogP contribution in [0, 0.1) is 6.92 Å². The second-order valence-corrected chi connectivity index (χ2v) is 6.74. The summed E-state index contributed by atoms with van der Waals surface area (Å²) in [6.45, 7) is 8.09. The molecule has 0 bridgehead atoms. The first-order chi connectivity index (χ1) is 10.8. The Morgan fingerprint density at radius 3 is 2.48 bits per heavy atom. The molecule has 0 unspecified atom stereocenters. The van der Waals surface area contributed by atoms with Crippen LogP contribution in [-0.2, 0) is 5.41 Å². The molecule has 1 amide bonds. The lowest BCUT2D eigenvalue weighted by Crippen LogP contribution is -2.37. The van der Waals surface area contributed by atoms with Crippen molar-refractivity contribution in [2.24, 2.45) is 0 Å². The molecule has 0 aliphatic carbocycles. The number of H-pyrrole nitrogens is 1. The lowest BCUT2D eigenvalue weighted by molar-refractivity contribution is 0.0934. The highest BCUT2D eigenvalue weighted by atomic mass is 16.2. The van der Waals surface area contributed by atoms with Gasteiger partial charge in [0.2, 0.25) is 5.56 Å². The van der Waals surface area contributed by atoms with E-state index in [1.807, 2.05) is 25.1 Å². The third-order valence-electron chi connectivity index (χ3n) is 3.99. The molecule has 0 fully saturated rings. The van der Waals surface area contributed by atoms with Gasteiger partial charge in [-0.3, -0.25) is 9.59 Å². The number of rotatable bonds is 5. The van der Waals surface area contributed by atoms with Crippen molar-refractivity contribution >= 4 is 5.91 Å². The molecule has 122 valence electrons. The average Bonchev–Trinajstić information content (AvgIpc) is 2.46. The van der Waals surface area contributed by atoms with Gasteiger partial charge >= 0.3 is 0 Å². The Kier molecular flexibility index (Phi) is 5.04. The number of aromatic amines is 1. The van der Waals surface area contributed by atoms with Gasteiger partial charge in [-0.05, 0) is 37.3 Å². The van der Waals surface area contributed by atoms with E-state index in [2.05, 4.69) is 36.3 Å². The number of aryl methyl sites for hydroxylation is 1. The topological polar surface area (TPSA) is 62.0 Å². The first-order valence-corrected chi connectivity index (χ1v) is 7.85. The van der Waals surface area contributed by atoms with E-state index >= 15 is 0 Å². The van der Waals surface area contributed by atoms with Crippen LogP contribution in [0.4, 0.5) is 0 Å². The van der Waals surface area contributed by atoms with E-state index in [9.17, 15) is 9.59 Å². The van der Waals surface area contributed by atoms with Crippen LogP contribution in [0.25, 0.3) is 0 Å². The lowest BCUT2D eigenvalue weighted by Gasteiger charge is -2.29. The second kappa shape index (κ2) is 6.82. The quantitative estimate of drug-likeness (QED) is 0.891. The van der Waals surface area contributed by atoms with Crippen LogP contribution in [0.3, 0.4) is 0 Å². The van der Waals surface area contributed by atoms with Gasteiger partial charge in [0.25, 0.3) is 5.91 Å². The van der Waals surface area contributed by atoms with Crippen molar-refractivity contribution in [3.05, 3.63) is 69.6 Å². The molecule has 1 atom stereocenters. The van der Waals surface area contributed by atoms with Gasteiger partial charge in [0, 0.05) is 23.4 Å². The molecule has 23 heavy (non-hydrogen) atoms. The largest absolute Gasteiger partial charge is 0.350 e. The SMILES string of the molecule is Cc1cc(C(=O)N[C@@H](C)CC(C)(C)c2ccccc2)cc(=O)[nH]1. The molecule has 0 aliphatic heterocycles. The molecule has 2 rings (SSSR count). The molecule has 0 radical (unpaired) electrons. The summed E-state index contributed by atoms with van der Waals surface area (Å²) in [4.78, 5) is 26.4. The Morgan fingerprint density at radius 1 is 1.22 bits per heavy atom. The van der Waals surface area contributed by atoms with Gasteiger partial charge in [0.05, 0.1) is 0 Å². The number of aromatic nitrogens is 1. The number of carbonyl (C=O) groups is 1. The number of hydrogen-bond acceptors (Lipinski definition) is 2. The van der Waals surface area contributed by atoms with E-state index in [1.54, 1.807) is 13.0 Å². The summed E-state index contributed by atoms with van der Waals surface area (Å²) in [6.07, 6.45) is 0.810. The first kappa shape index (κ1) is 17.0. The Labute approximate surface area is 137 Å². The molecule has 2 aromatic rings. The van der Waals surface area contributed by atoms with Crippen molar-refractivity contribution < 1.29 is 4.79 Å². The predicted octanol–water partition coefficient (Wildman–Crippen LogP) is 3.17. The molecular formula is C19H24N2O2. The van der Waals surface area contributed by atoms with Crippen molar-refractivity contribution in [2.75, 3.05) is 0 Å². The monoisotopic (exact) mass is 312 g/mol. The molecule has 2 N–H and O–H groups in total. The van der Waals surface area contributed by atoms with Crippen LogP contribution in [0.1, 0.15) is 48.8 Å². The minimum absolute atomic E-state index is 0.00250. The number of nitrogens with one attached hydrogen (secondary N) is 2. The number of carbonyl (C=O) groups excluding carboxylic acids is 1. The van der Waals surface area contributed by atoms with Gasteiger partial charge in [-0.1, -0.05) is 44.2 Å². The molecule has 1 heterocycles. The lowest BCUT2D eigenvalue weighted by atomic mass is 9.79. The fraction of sp³-hybridized carbons (Fsp3) is 0.368. The van der Waals surface area contributed by atoms with Crippen molar-refractivity contribution in [2.45, 2.75) is 45.6 Å². The van der Waals surface area contributed by atoms with Crippen molar-refractivity contribution in [3.8, 4) is 0 Å². The van der Waals surface area contributed by atoms with Crippen LogP contribution in [0.15, 0.2) is 47.3 Å². The highest BCUT2D eigenvalue weighted by molar-refractivity contribution is 5.94. The minimum atomic E-state index is -0.257. The van der Waals surface area contributed by atoms with Crippen LogP contribution in [-0.4, -0.2) is 16.9 Å². The summed E-state index contributed by atoms with van der Waals surface area (Å²) in [5.74, 6) is -0.212. The maximum absolute atomic E-state index is 12.3. The number of amides is 1. The molecular weight excluding hydrogens is 288 g/mol. The Balaban J connectivity index is 2.05. The van der Waals surface area contributed by atoms with Crippen LogP contribution in [0.2, 0.25) is 0 Å². The van der Waals surface area contributed by atoms with Crippen LogP contribution in [0.5, 0.6) is 0 Å². The van der Waals surface area contributed by atoms with Crippen molar-refractivity contribution in [1.82, 2.24) is 10.3 Å². The van der Waals surface area contributed by atoms with Gasteiger partial charge in [-0.25, -0.2) is 0 Å². The molecule has 1 aromatic carbocycles. The van der Waals surface area contributed by atoms with Gasteiger partial charge in [-0.2, -0.15) is 0 Å². The fourth-order valence-electron chi connectivity index (χ4n) is 2.94. The summed E-state index contributed by atoms with van der Waals surface area (Å²) < 4.78 is 0. The minimum Gasteiger partial charge on any atom is -0.350 e. The van der Waals surface area contributed by atoms with E-state index in [4.69, 9.17) is 0 Å². The zero-order chi connectivity index (χ0) is 17.0. The smallest absolute Gasteiger partial charge is 0.251 e. The number of benzene rings is 1. The average molecular weight is 312 g/mol. The first-order valence-electron chi connectivity index (χ1n) is 7.85. The molecule has 0 saturated heterocycles. The van der Waals surface area contributed by atoms with Gasteiger partial charge < -0.3 is 10.3 Å². The van der Waals surface area contributed by atoms with E-state index in [0.29, 0.717) is 11.3 Å². The van der Waals surface area contributed by atoms with Gasteiger partial charge in [-0.15, -0.1) is 0 Å². The van der Waals surface area contributed by atoms with E-state index in [1.165, 1.54) is 11.6 Å². The predicted molar refractivity (Wildman–Crippen MR) is 92.8 cm³/mol. The zero-order valence-electron chi connectivity index (χ0n) is 14.1. The molecule has 0 aliphatic rings. The zero-order valence-corrected chi connectivity index (χ0v) is 14.1. The Morgan fingerprint density at radius 2 is 1.87 bits per heavy atom. The molecule has 0 saturated carbocycles. The number of hydrogen-bond donors (Lipinski definition) is 2. The number of pyridine rings is 1. The summed E-state index contributed by atoms with van der Waals surface area (Å²) >= 11 is 0. The Hall–Kier alpha value is -2.36. The van der Waals surface area contributed by atoms with E-state index in [-0.39, 0.29) is 22.9 Å². The summed E-state index contributed by atoms with van der Waals surface area (Å²) in [5, 5.41) is 2.98. The standard InChI is InChI=1S/C19H24N2O2/c1-13-10-15(11-17(22)20-13)18(23)21-14(2)12-19(3,4)16-8-6-5-7-9-16/h5-11,14H,12H2,1-4H3,(H,20,22)(H,21,23)/t14-/m0/s1. The van der Waals surface area contributed by atoms with Crippen molar-refractivity contribution in [1.29, 1.82) is 0 Å². The van der Waals surface area contributed by atoms with Crippen molar-refractivity contribution in [3.63, 3.8) is 0 Å².